The highest BCUT2D eigenvalue weighted by Crippen LogP contribution is 2.46. The van der Waals surface area contributed by atoms with Gasteiger partial charge in [0.1, 0.15) is 35.7 Å². The van der Waals surface area contributed by atoms with E-state index in [4.69, 9.17) is 49.0 Å². The Morgan fingerprint density at radius 1 is 1.24 bits per heavy atom. The standard InChI is InChI=1S/C20H17Cl3N2O7S/c1-11-13(7-30-10-26)33-18-15(24-14(27)8-31-12-5-3-2-4-6-12)17(28)25(18)16(11)19(29)32-9-20(21,22)23/h2-7,10,15,18H,8-9H2,1H3,(H,24,27)/t15?,18-/m1/s1. The average molecular weight is 536 g/mol. The second-order valence-corrected chi connectivity index (χ2v) is 10.4. The first-order valence-electron chi connectivity index (χ1n) is 9.33. The molecule has 0 bridgehead atoms. The summed E-state index contributed by atoms with van der Waals surface area (Å²) >= 11 is 18.0. The van der Waals surface area contributed by atoms with Crippen molar-refractivity contribution in [3.63, 3.8) is 0 Å². The molecule has 2 amide bonds. The number of carbonyl (C=O) groups is 4. The van der Waals surface area contributed by atoms with Gasteiger partial charge in [0.15, 0.2) is 6.61 Å². The maximum absolute atomic E-state index is 12.8. The molecule has 2 aliphatic heterocycles. The first kappa shape index (κ1) is 25.2. The van der Waals surface area contributed by atoms with Gasteiger partial charge in [-0.1, -0.05) is 64.8 Å². The summed E-state index contributed by atoms with van der Waals surface area (Å²) in [6, 6.07) is 7.74. The lowest BCUT2D eigenvalue weighted by Crippen LogP contribution is -2.70. The fourth-order valence-corrected chi connectivity index (χ4v) is 4.47. The van der Waals surface area contributed by atoms with Crippen LogP contribution in [-0.2, 0) is 28.7 Å². The van der Waals surface area contributed by atoms with Gasteiger partial charge in [-0.15, -0.1) is 0 Å². The van der Waals surface area contributed by atoms with E-state index in [1.807, 2.05) is 0 Å². The van der Waals surface area contributed by atoms with Gasteiger partial charge in [-0.3, -0.25) is 19.3 Å². The Hall–Kier alpha value is -2.40. The lowest BCUT2D eigenvalue weighted by Gasteiger charge is -2.49. The first-order chi connectivity index (χ1) is 15.6. The summed E-state index contributed by atoms with van der Waals surface area (Å²) in [6.45, 7) is 0.894. The van der Waals surface area contributed by atoms with Crippen LogP contribution < -0.4 is 10.1 Å². The van der Waals surface area contributed by atoms with E-state index in [0.717, 1.165) is 18.0 Å². The zero-order chi connectivity index (χ0) is 24.2. The molecule has 1 N–H and O–H groups in total. The maximum Gasteiger partial charge on any atom is 0.355 e. The molecule has 3 rings (SSSR count). The van der Waals surface area contributed by atoms with E-state index in [-0.39, 0.29) is 18.8 Å². The molecule has 2 atom stereocenters. The predicted octanol–water partition coefficient (Wildman–Crippen LogP) is 2.67. The van der Waals surface area contributed by atoms with Crippen molar-refractivity contribution in [1.29, 1.82) is 0 Å². The minimum atomic E-state index is -1.85. The van der Waals surface area contributed by atoms with Crippen molar-refractivity contribution < 1.29 is 33.4 Å². The van der Waals surface area contributed by atoms with Crippen LogP contribution in [0.1, 0.15) is 6.92 Å². The van der Waals surface area contributed by atoms with Gasteiger partial charge in [-0.2, -0.15) is 0 Å². The molecule has 0 radical (unpaired) electrons. The van der Waals surface area contributed by atoms with Gasteiger partial charge in [0.25, 0.3) is 18.3 Å². The molecule has 1 unspecified atom stereocenters. The Bertz CT molecular complexity index is 1010. The van der Waals surface area contributed by atoms with Crippen LogP contribution in [0.2, 0.25) is 0 Å². The number of benzene rings is 1. The molecular weight excluding hydrogens is 519 g/mol. The molecule has 9 nitrogen and oxygen atoms in total. The summed E-state index contributed by atoms with van der Waals surface area (Å²) in [7, 11) is 0. The summed E-state index contributed by atoms with van der Waals surface area (Å²) in [6.07, 6.45) is 1.13. The summed E-state index contributed by atoms with van der Waals surface area (Å²) in [5, 5.41) is 1.90. The normalized spacial score (nSPS) is 21.2. The summed E-state index contributed by atoms with van der Waals surface area (Å²) in [5.41, 5.74) is 0.211. The molecule has 13 heteroatoms. The Labute approximate surface area is 207 Å². The molecule has 2 aliphatic rings. The molecule has 1 fully saturated rings. The molecule has 33 heavy (non-hydrogen) atoms. The number of ether oxygens (including phenoxy) is 3. The predicted molar refractivity (Wildman–Crippen MR) is 121 cm³/mol. The number of nitrogens with zero attached hydrogens (tertiary/aromatic N) is 1. The molecule has 0 aliphatic carbocycles. The number of fused-ring (bicyclic) bond motifs is 1. The number of esters is 1. The van der Waals surface area contributed by atoms with E-state index in [1.165, 1.54) is 4.90 Å². The number of alkyl halides is 3. The summed E-state index contributed by atoms with van der Waals surface area (Å²) in [5.74, 6) is -1.48. The maximum atomic E-state index is 12.8. The minimum absolute atomic E-state index is 0.107. The molecule has 1 aromatic carbocycles. The summed E-state index contributed by atoms with van der Waals surface area (Å²) < 4.78 is 13.3. The quantitative estimate of drug-likeness (QED) is 0.178. The summed E-state index contributed by atoms with van der Waals surface area (Å²) in [4.78, 5) is 50.0. The molecule has 1 saturated heterocycles. The fraction of sp³-hybridized carbons (Fsp3) is 0.300. The number of β-lactam (4-membered cyclic amide) rings is 1. The first-order valence-corrected chi connectivity index (χ1v) is 11.3. The van der Waals surface area contributed by atoms with E-state index in [2.05, 4.69) is 5.32 Å². The van der Waals surface area contributed by atoms with Crippen molar-refractivity contribution in [3.8, 4) is 5.75 Å². The molecule has 0 aromatic heterocycles. The molecule has 1 aromatic rings. The van der Waals surface area contributed by atoms with Gasteiger partial charge in [0.2, 0.25) is 3.79 Å². The number of para-hydroxylation sites is 1. The van der Waals surface area contributed by atoms with E-state index in [0.29, 0.717) is 16.2 Å². The lowest BCUT2D eigenvalue weighted by molar-refractivity contribution is -0.153. The third-order valence-corrected chi connectivity index (χ3v) is 6.19. The number of allylic oxidation sites excluding steroid dienone is 1. The Kier molecular flexibility index (Phi) is 8.17. The third-order valence-electron chi connectivity index (χ3n) is 4.48. The smallest absolute Gasteiger partial charge is 0.355 e. The van der Waals surface area contributed by atoms with E-state index in [9.17, 15) is 19.2 Å². The zero-order valence-corrected chi connectivity index (χ0v) is 20.0. The van der Waals surface area contributed by atoms with Crippen molar-refractivity contribution in [2.45, 2.75) is 22.1 Å². The van der Waals surface area contributed by atoms with Crippen molar-refractivity contribution in [2.24, 2.45) is 0 Å². The van der Waals surface area contributed by atoms with E-state index in [1.54, 1.807) is 37.3 Å². The van der Waals surface area contributed by atoms with E-state index >= 15 is 0 Å². The zero-order valence-electron chi connectivity index (χ0n) is 17.0. The highest BCUT2D eigenvalue weighted by atomic mass is 35.6. The fourth-order valence-electron chi connectivity index (χ4n) is 3.02. The highest BCUT2D eigenvalue weighted by molar-refractivity contribution is 8.04. The minimum Gasteiger partial charge on any atom is -0.484 e. The van der Waals surface area contributed by atoms with Gasteiger partial charge in [0, 0.05) is 4.91 Å². The molecule has 0 saturated carbocycles. The van der Waals surface area contributed by atoms with Crippen LogP contribution in [-0.4, -0.2) is 57.6 Å². The molecule has 176 valence electrons. The second kappa shape index (κ2) is 10.7. The van der Waals surface area contributed by atoms with Gasteiger partial charge in [-0.05, 0) is 24.6 Å². The Morgan fingerprint density at radius 3 is 2.58 bits per heavy atom. The van der Waals surface area contributed by atoms with Gasteiger partial charge >= 0.3 is 5.97 Å². The SMILES string of the molecule is CC1=C(C(=O)OCC(Cl)(Cl)Cl)N2C(=O)C(NC(=O)COc3ccccc3)[C@H]2SC1=COC=O. The van der Waals surface area contributed by atoms with Crippen LogP contribution in [0, 0.1) is 0 Å². The van der Waals surface area contributed by atoms with Crippen LogP contribution in [0.3, 0.4) is 0 Å². The molecule has 2 heterocycles. The highest BCUT2D eigenvalue weighted by Gasteiger charge is 2.55. The van der Waals surface area contributed by atoms with Crippen molar-refractivity contribution in [3.05, 3.63) is 52.8 Å². The number of halogens is 3. The lowest BCUT2D eigenvalue weighted by atomic mass is 10.0. The van der Waals surface area contributed by atoms with E-state index < -0.39 is 39.6 Å². The topological polar surface area (TPSA) is 111 Å². The monoisotopic (exact) mass is 534 g/mol. The van der Waals surface area contributed by atoms with Crippen LogP contribution in [0.15, 0.2) is 52.8 Å². The molecule has 0 spiro atoms. The van der Waals surface area contributed by atoms with Gasteiger partial charge in [0.05, 0.1) is 0 Å². The average Bonchev–Trinajstić information content (AvgIpc) is 2.78. The van der Waals surface area contributed by atoms with Gasteiger partial charge < -0.3 is 19.5 Å². The Morgan fingerprint density at radius 2 is 1.94 bits per heavy atom. The number of carbonyl (C=O) groups excluding carboxylic acids is 4. The van der Waals surface area contributed by atoms with Crippen LogP contribution in [0.5, 0.6) is 5.75 Å². The second-order valence-electron chi connectivity index (χ2n) is 6.74. The number of amides is 2. The van der Waals surface area contributed by atoms with Gasteiger partial charge in [-0.25, -0.2) is 4.79 Å². The van der Waals surface area contributed by atoms with Crippen LogP contribution in [0.4, 0.5) is 0 Å². The third kappa shape index (κ3) is 6.14. The van der Waals surface area contributed by atoms with Crippen molar-refractivity contribution >= 4 is 70.8 Å². The Balaban J connectivity index is 1.74. The van der Waals surface area contributed by atoms with Crippen molar-refractivity contribution in [2.75, 3.05) is 13.2 Å². The number of hydrogen-bond donors (Lipinski definition) is 1. The number of thioether (sulfide) groups is 1. The number of nitrogens with one attached hydrogen (secondary N) is 1. The van der Waals surface area contributed by atoms with Crippen molar-refractivity contribution in [1.82, 2.24) is 10.2 Å². The largest absolute Gasteiger partial charge is 0.484 e. The van der Waals surface area contributed by atoms with Crippen LogP contribution >= 0.6 is 46.6 Å². The number of hydrogen-bond acceptors (Lipinski definition) is 8. The molecular formula is C20H17Cl3N2O7S. The number of rotatable bonds is 8. The van der Waals surface area contributed by atoms with Crippen LogP contribution in [0.25, 0.3) is 0 Å².